The van der Waals surface area contributed by atoms with Gasteiger partial charge in [-0.25, -0.2) is 4.79 Å². The van der Waals surface area contributed by atoms with Crippen LogP contribution in [0.4, 0.5) is 4.79 Å². The van der Waals surface area contributed by atoms with Crippen molar-refractivity contribution in [2.75, 3.05) is 13.7 Å². The molecule has 1 amide bonds. The molecule has 1 N–H and O–H groups in total. The van der Waals surface area contributed by atoms with Crippen LogP contribution in [0.25, 0.3) is 0 Å². The van der Waals surface area contributed by atoms with Gasteiger partial charge in [0.25, 0.3) is 0 Å². The average molecular weight is 328 g/mol. The number of amides is 1. The van der Waals surface area contributed by atoms with E-state index in [9.17, 15) is 9.59 Å². The van der Waals surface area contributed by atoms with Crippen LogP contribution < -0.4 is 5.32 Å². The van der Waals surface area contributed by atoms with Crippen molar-refractivity contribution in [1.29, 1.82) is 0 Å². The summed E-state index contributed by atoms with van der Waals surface area (Å²) in [6.45, 7) is 5.46. The van der Waals surface area contributed by atoms with E-state index < -0.39 is 23.6 Å². The van der Waals surface area contributed by atoms with Crippen molar-refractivity contribution >= 4 is 23.7 Å². The van der Waals surface area contributed by atoms with Gasteiger partial charge in [-0.1, -0.05) is 23.7 Å². The molecule has 0 spiro atoms. The molecule has 1 atom stereocenters. The summed E-state index contributed by atoms with van der Waals surface area (Å²) in [7, 11) is 1.32. The standard InChI is InChI=1S/C16H22ClNO4/c1-16(2,3)22-15(20)18-10-12(14(19)21-4)8-11-6-5-7-13(17)9-11/h5-7,9,12H,8,10H2,1-4H3,(H,18,20)/t12-/m1/s1. The normalized spacial score (nSPS) is 12.4. The van der Waals surface area contributed by atoms with Gasteiger partial charge in [-0.2, -0.15) is 0 Å². The lowest BCUT2D eigenvalue weighted by Crippen LogP contribution is -2.38. The number of rotatable bonds is 5. The molecule has 1 aromatic rings. The van der Waals surface area contributed by atoms with Crippen LogP contribution in [-0.2, 0) is 20.7 Å². The second-order valence-corrected chi connectivity index (χ2v) is 6.37. The number of carbonyl (C=O) groups excluding carboxylic acids is 2. The first-order valence-corrected chi connectivity index (χ1v) is 7.38. The summed E-state index contributed by atoms with van der Waals surface area (Å²) in [5.74, 6) is -0.896. The molecular formula is C16H22ClNO4. The van der Waals surface area contributed by atoms with Crippen LogP contribution in [0.15, 0.2) is 24.3 Å². The minimum Gasteiger partial charge on any atom is -0.469 e. The van der Waals surface area contributed by atoms with Gasteiger partial charge >= 0.3 is 12.1 Å². The highest BCUT2D eigenvalue weighted by molar-refractivity contribution is 6.30. The molecule has 0 aliphatic rings. The molecule has 0 radical (unpaired) electrons. The molecule has 0 heterocycles. The summed E-state index contributed by atoms with van der Waals surface area (Å²) in [5.41, 5.74) is 0.312. The lowest BCUT2D eigenvalue weighted by atomic mass is 9.99. The zero-order valence-corrected chi connectivity index (χ0v) is 14.1. The Morgan fingerprint density at radius 2 is 2.00 bits per heavy atom. The Hall–Kier alpha value is -1.75. The van der Waals surface area contributed by atoms with Gasteiger partial charge in [-0.05, 0) is 44.9 Å². The van der Waals surface area contributed by atoms with Gasteiger partial charge in [0.1, 0.15) is 5.60 Å². The molecule has 0 aromatic heterocycles. The van der Waals surface area contributed by atoms with E-state index in [1.54, 1.807) is 32.9 Å². The Kier molecular flexibility index (Phi) is 6.68. The van der Waals surface area contributed by atoms with E-state index in [4.69, 9.17) is 21.1 Å². The molecule has 6 heteroatoms. The fourth-order valence-electron chi connectivity index (χ4n) is 1.87. The lowest BCUT2D eigenvalue weighted by molar-refractivity contribution is -0.145. The summed E-state index contributed by atoms with van der Waals surface area (Å²) < 4.78 is 9.93. The SMILES string of the molecule is COC(=O)[C@@H](CNC(=O)OC(C)(C)C)Cc1cccc(Cl)c1. The van der Waals surface area contributed by atoms with Crippen molar-refractivity contribution in [3.05, 3.63) is 34.9 Å². The summed E-state index contributed by atoms with van der Waals surface area (Å²) in [5, 5.41) is 3.19. The summed E-state index contributed by atoms with van der Waals surface area (Å²) >= 11 is 5.94. The fraction of sp³-hybridized carbons (Fsp3) is 0.500. The van der Waals surface area contributed by atoms with Gasteiger partial charge in [0, 0.05) is 11.6 Å². The number of halogens is 1. The fourth-order valence-corrected chi connectivity index (χ4v) is 2.09. The number of hydrogen-bond acceptors (Lipinski definition) is 4. The number of methoxy groups -OCH3 is 1. The monoisotopic (exact) mass is 327 g/mol. The van der Waals surface area contributed by atoms with Crippen LogP contribution in [0.2, 0.25) is 5.02 Å². The number of hydrogen-bond donors (Lipinski definition) is 1. The van der Waals surface area contributed by atoms with Gasteiger partial charge in [-0.3, -0.25) is 4.79 Å². The van der Waals surface area contributed by atoms with E-state index in [-0.39, 0.29) is 6.54 Å². The molecule has 0 aliphatic carbocycles. The summed E-state index contributed by atoms with van der Waals surface area (Å²) in [4.78, 5) is 23.5. The van der Waals surface area contributed by atoms with Crippen molar-refractivity contribution in [3.8, 4) is 0 Å². The highest BCUT2D eigenvalue weighted by atomic mass is 35.5. The zero-order chi connectivity index (χ0) is 16.8. The molecular weight excluding hydrogens is 306 g/mol. The van der Waals surface area contributed by atoms with Gasteiger partial charge in [0.15, 0.2) is 0 Å². The first-order chi connectivity index (χ1) is 10.2. The molecule has 122 valence electrons. The smallest absolute Gasteiger partial charge is 0.407 e. The molecule has 1 aromatic carbocycles. The third kappa shape index (κ3) is 6.80. The predicted octanol–water partition coefficient (Wildman–Crippen LogP) is 3.20. The molecule has 0 saturated heterocycles. The van der Waals surface area contributed by atoms with Crippen molar-refractivity contribution in [3.63, 3.8) is 0 Å². The second kappa shape index (κ2) is 8.03. The minimum absolute atomic E-state index is 0.133. The maximum atomic E-state index is 11.9. The number of ether oxygens (including phenoxy) is 2. The number of benzene rings is 1. The van der Waals surface area contributed by atoms with Crippen LogP contribution in [0.5, 0.6) is 0 Å². The summed E-state index contributed by atoms with van der Waals surface area (Å²) in [6.07, 6.45) is -0.143. The van der Waals surface area contributed by atoms with Crippen molar-refractivity contribution < 1.29 is 19.1 Å². The molecule has 0 bridgehead atoms. The molecule has 0 saturated carbocycles. The van der Waals surface area contributed by atoms with E-state index in [0.717, 1.165) is 5.56 Å². The molecule has 0 unspecified atom stereocenters. The second-order valence-electron chi connectivity index (χ2n) is 5.94. The number of alkyl carbamates (subject to hydrolysis) is 1. The Morgan fingerprint density at radius 1 is 1.32 bits per heavy atom. The highest BCUT2D eigenvalue weighted by Crippen LogP contribution is 2.15. The van der Waals surface area contributed by atoms with Crippen molar-refractivity contribution in [2.45, 2.75) is 32.8 Å². The number of esters is 1. The lowest BCUT2D eigenvalue weighted by Gasteiger charge is -2.21. The maximum absolute atomic E-state index is 11.9. The Balaban J connectivity index is 2.66. The number of carbonyl (C=O) groups is 2. The molecule has 22 heavy (non-hydrogen) atoms. The van der Waals surface area contributed by atoms with Crippen LogP contribution >= 0.6 is 11.6 Å². The molecule has 0 fully saturated rings. The van der Waals surface area contributed by atoms with Gasteiger partial charge in [0.2, 0.25) is 0 Å². The first-order valence-electron chi connectivity index (χ1n) is 7.00. The van der Waals surface area contributed by atoms with Crippen molar-refractivity contribution in [1.82, 2.24) is 5.32 Å². The van der Waals surface area contributed by atoms with Gasteiger partial charge in [0.05, 0.1) is 13.0 Å². The van der Waals surface area contributed by atoms with E-state index in [1.807, 2.05) is 12.1 Å². The quantitative estimate of drug-likeness (QED) is 0.843. The Morgan fingerprint density at radius 3 is 2.55 bits per heavy atom. The Labute approximate surface area is 135 Å². The molecule has 5 nitrogen and oxygen atoms in total. The minimum atomic E-state index is -0.586. The van der Waals surface area contributed by atoms with E-state index in [0.29, 0.717) is 11.4 Å². The summed E-state index contributed by atoms with van der Waals surface area (Å²) in [6, 6.07) is 7.23. The zero-order valence-electron chi connectivity index (χ0n) is 13.3. The molecule has 1 rings (SSSR count). The predicted molar refractivity (Wildman–Crippen MR) is 84.9 cm³/mol. The number of nitrogens with one attached hydrogen (secondary N) is 1. The van der Waals surface area contributed by atoms with E-state index >= 15 is 0 Å². The average Bonchev–Trinajstić information content (AvgIpc) is 2.40. The molecule has 0 aliphatic heterocycles. The third-order valence-electron chi connectivity index (χ3n) is 2.80. The topological polar surface area (TPSA) is 64.6 Å². The van der Waals surface area contributed by atoms with Crippen LogP contribution in [-0.4, -0.2) is 31.3 Å². The largest absolute Gasteiger partial charge is 0.469 e. The van der Waals surface area contributed by atoms with Crippen molar-refractivity contribution in [2.24, 2.45) is 5.92 Å². The first kappa shape index (κ1) is 18.3. The van der Waals surface area contributed by atoms with Crippen LogP contribution in [0, 0.1) is 5.92 Å². The third-order valence-corrected chi connectivity index (χ3v) is 3.03. The van der Waals surface area contributed by atoms with E-state index in [2.05, 4.69) is 5.32 Å². The highest BCUT2D eigenvalue weighted by Gasteiger charge is 2.22. The van der Waals surface area contributed by atoms with E-state index in [1.165, 1.54) is 7.11 Å². The van der Waals surface area contributed by atoms with Gasteiger partial charge in [-0.15, -0.1) is 0 Å². The maximum Gasteiger partial charge on any atom is 0.407 e. The van der Waals surface area contributed by atoms with Crippen LogP contribution in [0.3, 0.4) is 0 Å². The Bertz CT molecular complexity index is 525. The van der Waals surface area contributed by atoms with Crippen LogP contribution in [0.1, 0.15) is 26.3 Å². The van der Waals surface area contributed by atoms with Gasteiger partial charge < -0.3 is 14.8 Å².